The predicted octanol–water partition coefficient (Wildman–Crippen LogP) is 3.22. The van der Waals surface area contributed by atoms with Gasteiger partial charge in [-0.2, -0.15) is 10.2 Å². The first kappa shape index (κ1) is 19.2. The maximum Gasteiger partial charge on any atom is 0.223 e. The minimum atomic E-state index is 0.211. The lowest BCUT2D eigenvalue weighted by molar-refractivity contribution is -0.132. The first-order chi connectivity index (χ1) is 16.1. The third-order valence-corrected chi connectivity index (χ3v) is 7.23. The van der Waals surface area contributed by atoms with Gasteiger partial charge >= 0.3 is 0 Å². The summed E-state index contributed by atoms with van der Waals surface area (Å²) in [6.07, 6.45) is 15.0. The highest BCUT2D eigenvalue weighted by Gasteiger charge is 2.35. The number of aromatic nitrogens is 6. The van der Waals surface area contributed by atoms with Crippen molar-refractivity contribution in [3.05, 3.63) is 53.0 Å². The van der Waals surface area contributed by atoms with E-state index < -0.39 is 0 Å². The molecule has 168 valence electrons. The minimum Gasteiger partial charge on any atom is -0.334 e. The Kier molecular flexibility index (Phi) is 4.13. The molecule has 8 heteroatoms. The lowest BCUT2D eigenvalue weighted by atomic mass is 10.0. The second-order valence-electron chi connectivity index (χ2n) is 9.86. The molecule has 0 spiro atoms. The Labute approximate surface area is 192 Å². The lowest BCUT2D eigenvalue weighted by Crippen LogP contribution is -2.33. The van der Waals surface area contributed by atoms with E-state index in [2.05, 4.69) is 12.3 Å². The van der Waals surface area contributed by atoms with Crippen LogP contribution in [0.4, 0.5) is 0 Å². The monoisotopic (exact) mass is 441 g/mol. The zero-order valence-electron chi connectivity index (χ0n) is 18.9. The molecule has 0 unspecified atom stereocenters. The number of rotatable bonds is 2. The third kappa shape index (κ3) is 3.31. The largest absolute Gasteiger partial charge is 0.334 e. The van der Waals surface area contributed by atoms with Crippen molar-refractivity contribution in [1.29, 1.82) is 0 Å². The molecule has 4 aliphatic rings. The van der Waals surface area contributed by atoms with Gasteiger partial charge < -0.3 is 4.90 Å². The highest BCUT2D eigenvalue weighted by Crippen LogP contribution is 2.44. The van der Waals surface area contributed by atoms with E-state index >= 15 is 0 Å². The molecular formula is C25H27N7O. The molecule has 2 saturated carbocycles. The number of amides is 1. The van der Waals surface area contributed by atoms with E-state index in [0.717, 1.165) is 66.1 Å². The second-order valence-corrected chi connectivity index (χ2v) is 9.86. The molecule has 3 aliphatic carbocycles. The van der Waals surface area contributed by atoms with E-state index in [9.17, 15) is 4.79 Å². The molecule has 8 nitrogen and oxygen atoms in total. The molecule has 1 amide bonds. The van der Waals surface area contributed by atoms with Gasteiger partial charge in [0, 0.05) is 67.5 Å². The highest BCUT2D eigenvalue weighted by molar-refractivity contribution is 5.84. The fourth-order valence-electron chi connectivity index (χ4n) is 5.23. The zero-order valence-corrected chi connectivity index (χ0v) is 18.9. The van der Waals surface area contributed by atoms with Gasteiger partial charge in [0.2, 0.25) is 5.91 Å². The molecule has 0 atom stereocenters. The van der Waals surface area contributed by atoms with E-state index in [-0.39, 0.29) is 5.91 Å². The summed E-state index contributed by atoms with van der Waals surface area (Å²) < 4.78 is 3.87. The van der Waals surface area contributed by atoms with Crippen molar-refractivity contribution >= 4 is 11.5 Å². The van der Waals surface area contributed by atoms with Gasteiger partial charge in [0.25, 0.3) is 0 Å². The minimum absolute atomic E-state index is 0.211. The summed E-state index contributed by atoms with van der Waals surface area (Å²) in [5.74, 6) is 0.751. The predicted molar refractivity (Wildman–Crippen MR) is 122 cm³/mol. The molecule has 7 rings (SSSR count). The molecule has 1 aliphatic heterocycles. The van der Waals surface area contributed by atoms with Crippen molar-refractivity contribution < 1.29 is 4.79 Å². The summed E-state index contributed by atoms with van der Waals surface area (Å²) in [5.41, 5.74) is 8.20. The van der Waals surface area contributed by atoms with E-state index in [4.69, 9.17) is 20.2 Å². The molecule has 2 fully saturated rings. The van der Waals surface area contributed by atoms with Gasteiger partial charge in [-0.05, 0) is 32.1 Å². The van der Waals surface area contributed by atoms with Crippen LogP contribution < -0.4 is 0 Å². The molecule has 0 saturated heterocycles. The average Bonchev–Trinajstić information content (AvgIpc) is 3.72. The van der Waals surface area contributed by atoms with Crippen molar-refractivity contribution in [2.24, 2.45) is 7.05 Å². The Balaban J connectivity index is 1.38. The average molecular weight is 442 g/mol. The fraction of sp³-hybridized carbons (Fsp3) is 0.480. The number of hydrogen-bond acceptors (Lipinski definition) is 5. The number of carbonyl (C=O) groups excluding carboxylic acids is 1. The SMILES string of the molecule is Cn1cc2c(n1)CN(C1CC1)C(=O)CCCn1cc(c(C3CC3)n1)C1=CCc3ncc-2nc31. The topological polar surface area (TPSA) is 81.7 Å². The highest BCUT2D eigenvalue weighted by atomic mass is 16.2. The molecule has 4 bridgehead atoms. The van der Waals surface area contributed by atoms with Crippen molar-refractivity contribution in [3.8, 4) is 11.3 Å². The molecule has 3 aromatic heterocycles. The number of hydrogen-bond donors (Lipinski definition) is 0. The van der Waals surface area contributed by atoms with Crippen molar-refractivity contribution in [3.63, 3.8) is 0 Å². The van der Waals surface area contributed by atoms with Crippen LogP contribution in [-0.2, 0) is 31.4 Å². The van der Waals surface area contributed by atoms with Crippen LogP contribution in [-0.4, -0.2) is 46.4 Å². The normalized spacial score (nSPS) is 20.3. The van der Waals surface area contributed by atoms with E-state index in [0.29, 0.717) is 24.9 Å². The summed E-state index contributed by atoms with van der Waals surface area (Å²) in [4.78, 5) is 25.1. The maximum atomic E-state index is 13.2. The van der Waals surface area contributed by atoms with Crippen LogP contribution in [0.1, 0.15) is 72.8 Å². The van der Waals surface area contributed by atoms with Crippen molar-refractivity contribution in [2.75, 3.05) is 0 Å². The Bertz CT molecular complexity index is 1310. The smallest absolute Gasteiger partial charge is 0.223 e. The summed E-state index contributed by atoms with van der Waals surface area (Å²) in [7, 11) is 1.93. The van der Waals surface area contributed by atoms with Gasteiger partial charge in [-0.15, -0.1) is 0 Å². The van der Waals surface area contributed by atoms with Crippen LogP contribution in [0.2, 0.25) is 0 Å². The molecule has 0 N–H and O–H groups in total. The number of allylic oxidation sites excluding steroid dienone is 1. The van der Waals surface area contributed by atoms with Crippen LogP contribution in [0.5, 0.6) is 0 Å². The number of carbonyl (C=O) groups is 1. The Hall–Kier alpha value is -3.29. The van der Waals surface area contributed by atoms with Gasteiger partial charge in [0.05, 0.1) is 41.2 Å². The van der Waals surface area contributed by atoms with Crippen LogP contribution in [0.15, 0.2) is 24.7 Å². The van der Waals surface area contributed by atoms with E-state index in [1.807, 2.05) is 33.7 Å². The zero-order chi connectivity index (χ0) is 22.1. The van der Waals surface area contributed by atoms with E-state index in [1.165, 1.54) is 24.1 Å². The van der Waals surface area contributed by atoms with Crippen LogP contribution in [0.25, 0.3) is 16.8 Å². The number of aryl methyl sites for hydroxylation is 2. The molecular weight excluding hydrogens is 414 g/mol. The van der Waals surface area contributed by atoms with Gasteiger partial charge in [0.15, 0.2) is 0 Å². The summed E-state index contributed by atoms with van der Waals surface area (Å²) >= 11 is 0. The molecule has 0 aromatic carbocycles. The fourth-order valence-corrected chi connectivity index (χ4v) is 5.23. The van der Waals surface area contributed by atoms with Gasteiger partial charge in [-0.25, -0.2) is 4.98 Å². The van der Waals surface area contributed by atoms with Crippen LogP contribution in [0.3, 0.4) is 0 Å². The Morgan fingerprint density at radius 1 is 1.03 bits per heavy atom. The number of nitrogens with zero attached hydrogens (tertiary/aromatic N) is 7. The summed E-state index contributed by atoms with van der Waals surface area (Å²) in [5, 5.41) is 9.69. The van der Waals surface area contributed by atoms with E-state index in [1.54, 1.807) is 0 Å². The summed E-state index contributed by atoms with van der Waals surface area (Å²) in [6, 6.07) is 0.335. The third-order valence-electron chi connectivity index (χ3n) is 7.23. The van der Waals surface area contributed by atoms with Gasteiger partial charge in [-0.3, -0.25) is 19.1 Å². The second kappa shape index (κ2) is 7.10. The molecule has 4 heterocycles. The van der Waals surface area contributed by atoms with Gasteiger partial charge in [0.1, 0.15) is 0 Å². The molecule has 0 radical (unpaired) electrons. The summed E-state index contributed by atoms with van der Waals surface area (Å²) in [6.45, 7) is 1.28. The first-order valence-electron chi connectivity index (χ1n) is 12.1. The number of fused-ring (bicyclic) bond motifs is 6. The molecule has 33 heavy (non-hydrogen) atoms. The standard InChI is InChI=1S/C25H27N7O/c1-30-12-19-21-11-26-20-9-8-17(25(20)27-21)18-13-31(29-24(18)15-4-5-15)10-2-3-23(33)32(16-6-7-16)14-22(19)28-30/h8,11-13,15-16H,2-7,9-10,14H2,1H3. The van der Waals surface area contributed by atoms with Crippen LogP contribution >= 0.6 is 0 Å². The molecule has 3 aromatic rings. The lowest BCUT2D eigenvalue weighted by Gasteiger charge is -2.22. The van der Waals surface area contributed by atoms with Crippen molar-refractivity contribution in [2.45, 2.75) is 70.0 Å². The van der Waals surface area contributed by atoms with Gasteiger partial charge in [-0.1, -0.05) is 6.08 Å². The first-order valence-corrected chi connectivity index (χ1v) is 12.1. The Morgan fingerprint density at radius 3 is 2.73 bits per heavy atom. The Morgan fingerprint density at radius 2 is 1.91 bits per heavy atom. The van der Waals surface area contributed by atoms with Crippen molar-refractivity contribution in [1.82, 2.24) is 34.4 Å². The maximum absolute atomic E-state index is 13.2. The quantitative estimate of drug-likeness (QED) is 0.610. The van der Waals surface area contributed by atoms with Crippen LogP contribution in [0, 0.1) is 0 Å².